The lowest BCUT2D eigenvalue weighted by Crippen LogP contribution is -2.45. The Morgan fingerprint density at radius 1 is 1.47 bits per heavy atom. The van der Waals surface area contributed by atoms with Crippen molar-refractivity contribution in [1.29, 1.82) is 0 Å². The molecule has 1 unspecified atom stereocenters. The maximum atomic E-state index is 12.7. The Morgan fingerprint density at radius 2 is 2.29 bits per heavy atom. The van der Waals surface area contributed by atoms with Gasteiger partial charge in [0.25, 0.3) is 0 Å². The van der Waals surface area contributed by atoms with Crippen molar-refractivity contribution in [3.8, 4) is 0 Å². The van der Waals surface area contributed by atoms with E-state index in [1.54, 1.807) is 0 Å². The van der Waals surface area contributed by atoms with Crippen LogP contribution in [0.4, 0.5) is 0 Å². The van der Waals surface area contributed by atoms with Gasteiger partial charge in [-0.25, -0.2) is 0 Å². The van der Waals surface area contributed by atoms with Gasteiger partial charge in [0.2, 0.25) is 0 Å². The van der Waals surface area contributed by atoms with Crippen LogP contribution in [0, 0.1) is 12.3 Å². The summed E-state index contributed by atoms with van der Waals surface area (Å²) in [7, 11) is 0. The van der Waals surface area contributed by atoms with Crippen LogP contribution in [0.1, 0.15) is 42.1 Å². The van der Waals surface area contributed by atoms with Crippen molar-refractivity contribution in [2.75, 3.05) is 13.1 Å². The van der Waals surface area contributed by atoms with Crippen LogP contribution in [0.2, 0.25) is 0 Å². The highest BCUT2D eigenvalue weighted by molar-refractivity contribution is 6.00. The van der Waals surface area contributed by atoms with Crippen LogP contribution < -0.4 is 5.32 Å². The van der Waals surface area contributed by atoms with Gasteiger partial charge in [-0.15, -0.1) is 0 Å². The summed E-state index contributed by atoms with van der Waals surface area (Å²) in [5.74, 6) is 0.316. The summed E-state index contributed by atoms with van der Waals surface area (Å²) in [6.45, 7) is 6.04. The van der Waals surface area contributed by atoms with E-state index in [1.165, 1.54) is 0 Å². The molecule has 1 aliphatic rings. The number of carbonyl (C=O) groups excluding carboxylic acids is 1. The summed E-state index contributed by atoms with van der Waals surface area (Å²) in [6.07, 6.45) is 3.04. The third-order valence-electron chi connectivity index (χ3n) is 3.91. The number of carbonyl (C=O) groups is 1. The lowest BCUT2D eigenvalue weighted by atomic mass is 9.72. The molecule has 1 aliphatic heterocycles. The van der Waals surface area contributed by atoms with Crippen LogP contribution >= 0.6 is 0 Å². The first-order valence-electron chi connectivity index (χ1n) is 6.50. The molecule has 0 bridgehead atoms. The second kappa shape index (κ2) is 5.01. The lowest BCUT2D eigenvalue weighted by Gasteiger charge is -2.35. The van der Waals surface area contributed by atoms with E-state index in [0.717, 1.165) is 43.5 Å². The molecule has 0 saturated carbocycles. The number of benzene rings is 1. The van der Waals surface area contributed by atoms with Gasteiger partial charge in [-0.2, -0.15) is 0 Å². The van der Waals surface area contributed by atoms with E-state index in [4.69, 9.17) is 0 Å². The molecule has 1 saturated heterocycles. The van der Waals surface area contributed by atoms with Crippen LogP contribution in [-0.2, 0) is 0 Å². The van der Waals surface area contributed by atoms with Crippen LogP contribution in [-0.4, -0.2) is 18.9 Å². The summed E-state index contributed by atoms with van der Waals surface area (Å²) in [4.78, 5) is 12.7. The molecule has 0 aliphatic carbocycles. The van der Waals surface area contributed by atoms with Crippen LogP contribution in [0.3, 0.4) is 0 Å². The van der Waals surface area contributed by atoms with Gasteiger partial charge in [-0.05, 0) is 38.8 Å². The van der Waals surface area contributed by atoms with Gasteiger partial charge in [-0.3, -0.25) is 4.79 Å². The summed E-state index contributed by atoms with van der Waals surface area (Å²) in [5.41, 5.74) is 1.85. The minimum absolute atomic E-state index is 0.175. The maximum absolute atomic E-state index is 12.7. The van der Waals surface area contributed by atoms with E-state index in [1.807, 2.05) is 31.2 Å². The fourth-order valence-corrected chi connectivity index (χ4v) is 2.72. The molecule has 1 aromatic rings. The van der Waals surface area contributed by atoms with Gasteiger partial charge in [0, 0.05) is 17.5 Å². The first-order valence-corrected chi connectivity index (χ1v) is 6.50. The van der Waals surface area contributed by atoms with E-state index in [2.05, 4.69) is 12.2 Å². The zero-order chi connectivity index (χ0) is 12.3. The molecule has 17 heavy (non-hydrogen) atoms. The smallest absolute Gasteiger partial charge is 0.170 e. The number of piperidine rings is 1. The van der Waals surface area contributed by atoms with Crippen molar-refractivity contribution < 1.29 is 4.79 Å². The molecular formula is C15H21NO. The molecule has 1 aromatic carbocycles. The number of aryl methyl sites for hydroxylation is 1. The minimum Gasteiger partial charge on any atom is -0.316 e. The molecule has 1 atom stereocenters. The van der Waals surface area contributed by atoms with Crippen LogP contribution in [0.15, 0.2) is 24.3 Å². The fourth-order valence-electron chi connectivity index (χ4n) is 2.72. The highest BCUT2D eigenvalue weighted by Gasteiger charge is 2.38. The van der Waals surface area contributed by atoms with Gasteiger partial charge < -0.3 is 5.32 Å². The van der Waals surface area contributed by atoms with Gasteiger partial charge in [0.1, 0.15) is 0 Å². The van der Waals surface area contributed by atoms with E-state index in [9.17, 15) is 4.79 Å². The molecule has 0 aromatic heterocycles. The first-order chi connectivity index (χ1) is 8.18. The Kier molecular flexibility index (Phi) is 3.63. The van der Waals surface area contributed by atoms with Crippen molar-refractivity contribution in [3.63, 3.8) is 0 Å². The maximum Gasteiger partial charge on any atom is 0.170 e. The van der Waals surface area contributed by atoms with Crippen molar-refractivity contribution in [3.05, 3.63) is 35.4 Å². The quantitative estimate of drug-likeness (QED) is 0.810. The minimum atomic E-state index is -0.175. The second-order valence-electron chi connectivity index (χ2n) is 5.11. The molecule has 2 nitrogen and oxygen atoms in total. The summed E-state index contributed by atoms with van der Waals surface area (Å²) < 4.78 is 0. The van der Waals surface area contributed by atoms with Crippen molar-refractivity contribution >= 4 is 5.78 Å². The summed E-state index contributed by atoms with van der Waals surface area (Å²) in [6, 6.07) is 7.96. The number of ketones is 1. The highest BCUT2D eigenvalue weighted by Crippen LogP contribution is 2.34. The van der Waals surface area contributed by atoms with E-state index in [-0.39, 0.29) is 5.41 Å². The number of hydrogen-bond donors (Lipinski definition) is 1. The molecule has 1 fully saturated rings. The monoisotopic (exact) mass is 231 g/mol. The summed E-state index contributed by atoms with van der Waals surface area (Å²) >= 11 is 0. The van der Waals surface area contributed by atoms with Crippen LogP contribution in [0.25, 0.3) is 0 Å². The van der Waals surface area contributed by atoms with E-state index < -0.39 is 0 Å². The normalized spacial score (nSPS) is 24.6. The SMILES string of the molecule is CCC1(C(=O)c2cccc(C)c2)CCCNC1. The topological polar surface area (TPSA) is 29.1 Å². The second-order valence-corrected chi connectivity index (χ2v) is 5.11. The van der Waals surface area contributed by atoms with Gasteiger partial charge in [-0.1, -0.05) is 30.7 Å². The Bertz CT molecular complexity index is 405. The molecule has 2 heteroatoms. The fraction of sp³-hybridized carbons (Fsp3) is 0.533. The Balaban J connectivity index is 2.28. The molecule has 0 spiro atoms. The predicted molar refractivity (Wildman–Crippen MR) is 70.3 cm³/mol. The Hall–Kier alpha value is -1.15. The average Bonchev–Trinajstić information content (AvgIpc) is 2.38. The zero-order valence-electron chi connectivity index (χ0n) is 10.8. The van der Waals surface area contributed by atoms with Gasteiger partial charge >= 0.3 is 0 Å². The Labute approximate surface area is 103 Å². The summed E-state index contributed by atoms with van der Waals surface area (Å²) in [5, 5.41) is 3.37. The lowest BCUT2D eigenvalue weighted by molar-refractivity contribution is 0.0730. The number of hydrogen-bond acceptors (Lipinski definition) is 2. The first kappa shape index (κ1) is 12.3. The zero-order valence-corrected chi connectivity index (χ0v) is 10.8. The van der Waals surface area contributed by atoms with Gasteiger partial charge in [0.05, 0.1) is 0 Å². The third-order valence-corrected chi connectivity index (χ3v) is 3.91. The predicted octanol–water partition coefficient (Wildman–Crippen LogP) is 2.96. The molecule has 1 heterocycles. The molecule has 1 N–H and O–H groups in total. The van der Waals surface area contributed by atoms with E-state index >= 15 is 0 Å². The largest absolute Gasteiger partial charge is 0.316 e. The standard InChI is InChI=1S/C15H21NO/c1-3-15(8-5-9-16-11-15)14(17)13-7-4-6-12(2)10-13/h4,6-7,10,16H,3,5,8-9,11H2,1-2H3. The number of rotatable bonds is 3. The Morgan fingerprint density at radius 3 is 2.88 bits per heavy atom. The van der Waals surface area contributed by atoms with Crippen molar-refractivity contribution in [2.45, 2.75) is 33.1 Å². The molecule has 0 amide bonds. The van der Waals surface area contributed by atoms with Gasteiger partial charge in [0.15, 0.2) is 5.78 Å². The number of nitrogens with one attached hydrogen (secondary N) is 1. The van der Waals surface area contributed by atoms with E-state index in [0.29, 0.717) is 5.78 Å². The van der Waals surface area contributed by atoms with Crippen molar-refractivity contribution in [2.24, 2.45) is 5.41 Å². The third kappa shape index (κ3) is 2.42. The molecule has 0 radical (unpaired) electrons. The molecule has 92 valence electrons. The van der Waals surface area contributed by atoms with Crippen LogP contribution in [0.5, 0.6) is 0 Å². The number of Topliss-reactive ketones (excluding diaryl/α,β-unsaturated/α-hetero) is 1. The van der Waals surface area contributed by atoms with Crippen molar-refractivity contribution in [1.82, 2.24) is 5.32 Å². The molecule has 2 rings (SSSR count). The highest BCUT2D eigenvalue weighted by atomic mass is 16.1. The average molecular weight is 231 g/mol. The molecular weight excluding hydrogens is 210 g/mol.